The first-order valence-corrected chi connectivity index (χ1v) is 7.04. The molecular weight excluding hydrogens is 302 g/mol. The Balaban J connectivity index is 1.96. The van der Waals surface area contributed by atoms with Crippen molar-refractivity contribution < 1.29 is 4.79 Å². The highest BCUT2D eigenvalue weighted by atomic mass is 79.9. The monoisotopic (exact) mass is 315 g/mol. The first kappa shape index (κ1) is 12.9. The van der Waals surface area contributed by atoms with Crippen LogP contribution in [0.1, 0.15) is 36.5 Å². The van der Waals surface area contributed by atoms with Gasteiger partial charge in [-0.2, -0.15) is 0 Å². The molecule has 1 fully saturated rings. The standard InChI is InChI=1S/C13H15BrClNO/c1-2-3-8-6-12(8)16-13(17)10-5-4-9(15)7-11(10)14/h4-5,7-8,12H,2-3,6H2,1H3,(H,16,17). The highest BCUT2D eigenvalue weighted by Crippen LogP contribution is 2.35. The predicted octanol–water partition coefficient (Wildman–Crippen LogP) is 4.02. The second kappa shape index (κ2) is 5.40. The van der Waals surface area contributed by atoms with Crippen molar-refractivity contribution in [2.24, 2.45) is 5.92 Å². The van der Waals surface area contributed by atoms with Gasteiger partial charge in [-0.25, -0.2) is 0 Å². The molecule has 0 aromatic heterocycles. The number of benzene rings is 1. The SMILES string of the molecule is CCCC1CC1NC(=O)c1ccc(Cl)cc1Br. The molecule has 2 atom stereocenters. The van der Waals surface area contributed by atoms with Crippen LogP contribution in [0.5, 0.6) is 0 Å². The summed E-state index contributed by atoms with van der Waals surface area (Å²) in [4.78, 5) is 12.0. The van der Waals surface area contributed by atoms with Crippen molar-refractivity contribution in [3.8, 4) is 0 Å². The summed E-state index contributed by atoms with van der Waals surface area (Å²) in [5.41, 5.74) is 0.650. The average molecular weight is 317 g/mol. The maximum Gasteiger partial charge on any atom is 0.252 e. The molecule has 0 bridgehead atoms. The van der Waals surface area contributed by atoms with Crippen molar-refractivity contribution in [2.75, 3.05) is 0 Å². The van der Waals surface area contributed by atoms with Gasteiger partial charge in [0.15, 0.2) is 0 Å². The zero-order chi connectivity index (χ0) is 12.4. The van der Waals surface area contributed by atoms with E-state index in [2.05, 4.69) is 28.2 Å². The molecule has 1 aliphatic carbocycles. The van der Waals surface area contributed by atoms with Crippen molar-refractivity contribution in [3.05, 3.63) is 33.3 Å². The van der Waals surface area contributed by atoms with Gasteiger partial charge in [0.05, 0.1) is 5.56 Å². The lowest BCUT2D eigenvalue weighted by Gasteiger charge is -2.06. The van der Waals surface area contributed by atoms with E-state index in [1.54, 1.807) is 18.2 Å². The zero-order valence-corrected chi connectivity index (χ0v) is 12.0. The number of nitrogens with one attached hydrogen (secondary N) is 1. The molecule has 2 rings (SSSR count). The quantitative estimate of drug-likeness (QED) is 0.893. The molecule has 1 N–H and O–H groups in total. The fourth-order valence-electron chi connectivity index (χ4n) is 2.03. The number of carbonyl (C=O) groups excluding carboxylic acids is 1. The molecule has 0 saturated heterocycles. The van der Waals surface area contributed by atoms with Crippen LogP contribution >= 0.6 is 27.5 Å². The van der Waals surface area contributed by atoms with Gasteiger partial charge >= 0.3 is 0 Å². The number of amides is 1. The van der Waals surface area contributed by atoms with Crippen LogP contribution in [0, 0.1) is 5.92 Å². The van der Waals surface area contributed by atoms with Crippen LogP contribution in [-0.4, -0.2) is 11.9 Å². The fourth-order valence-corrected chi connectivity index (χ4v) is 2.90. The van der Waals surface area contributed by atoms with Gasteiger partial charge in [0.1, 0.15) is 0 Å². The van der Waals surface area contributed by atoms with Gasteiger partial charge in [0, 0.05) is 15.5 Å². The van der Waals surface area contributed by atoms with Gasteiger partial charge in [-0.1, -0.05) is 24.9 Å². The molecule has 4 heteroatoms. The number of hydrogen-bond donors (Lipinski definition) is 1. The summed E-state index contributed by atoms with van der Waals surface area (Å²) in [5.74, 6) is 0.659. The fraction of sp³-hybridized carbons (Fsp3) is 0.462. The summed E-state index contributed by atoms with van der Waals surface area (Å²) in [5, 5.41) is 3.68. The van der Waals surface area contributed by atoms with E-state index in [9.17, 15) is 4.79 Å². The molecule has 17 heavy (non-hydrogen) atoms. The molecule has 1 aromatic carbocycles. The number of carbonyl (C=O) groups is 1. The van der Waals surface area contributed by atoms with Gasteiger partial charge in [-0.3, -0.25) is 4.79 Å². The average Bonchev–Trinajstić information content (AvgIpc) is 2.96. The maximum atomic E-state index is 12.0. The molecule has 0 heterocycles. The van der Waals surface area contributed by atoms with E-state index in [-0.39, 0.29) is 5.91 Å². The van der Waals surface area contributed by atoms with Crippen molar-refractivity contribution in [2.45, 2.75) is 32.2 Å². The molecule has 1 amide bonds. The largest absolute Gasteiger partial charge is 0.349 e. The van der Waals surface area contributed by atoms with Crippen LogP contribution in [0.3, 0.4) is 0 Å². The zero-order valence-electron chi connectivity index (χ0n) is 9.67. The molecule has 0 aliphatic heterocycles. The lowest BCUT2D eigenvalue weighted by Crippen LogP contribution is -2.27. The minimum absolute atomic E-state index is 0.0165. The van der Waals surface area contributed by atoms with E-state index in [1.807, 2.05) is 0 Å². The number of halogens is 2. The Morgan fingerprint density at radius 3 is 3.00 bits per heavy atom. The van der Waals surface area contributed by atoms with Gasteiger partial charge in [-0.15, -0.1) is 0 Å². The van der Waals surface area contributed by atoms with Crippen LogP contribution < -0.4 is 5.32 Å². The lowest BCUT2D eigenvalue weighted by atomic mass is 10.2. The maximum absolute atomic E-state index is 12.0. The van der Waals surface area contributed by atoms with Crippen LogP contribution in [0.25, 0.3) is 0 Å². The van der Waals surface area contributed by atoms with Crippen LogP contribution in [0.15, 0.2) is 22.7 Å². The summed E-state index contributed by atoms with van der Waals surface area (Å²) in [6.45, 7) is 2.17. The summed E-state index contributed by atoms with van der Waals surface area (Å²) in [7, 11) is 0. The lowest BCUT2D eigenvalue weighted by molar-refractivity contribution is 0.0948. The van der Waals surface area contributed by atoms with E-state index < -0.39 is 0 Å². The normalized spacial score (nSPS) is 22.3. The Bertz CT molecular complexity index is 435. The van der Waals surface area contributed by atoms with E-state index >= 15 is 0 Å². The van der Waals surface area contributed by atoms with Crippen LogP contribution in [0.2, 0.25) is 5.02 Å². The summed E-state index contributed by atoms with van der Waals surface area (Å²) in [6, 6.07) is 5.59. The Labute approximate surface area is 115 Å². The Kier molecular flexibility index (Phi) is 4.10. The first-order valence-electron chi connectivity index (χ1n) is 5.87. The second-order valence-electron chi connectivity index (χ2n) is 4.49. The van der Waals surface area contributed by atoms with Crippen LogP contribution in [0.4, 0.5) is 0 Å². The molecule has 92 valence electrons. The van der Waals surface area contributed by atoms with Gasteiger partial charge < -0.3 is 5.32 Å². The molecular formula is C13H15BrClNO. The molecule has 2 nitrogen and oxygen atoms in total. The highest BCUT2D eigenvalue weighted by Gasteiger charge is 2.37. The summed E-state index contributed by atoms with van der Waals surface area (Å²) in [6.07, 6.45) is 3.50. The Hall–Kier alpha value is -0.540. The third-order valence-corrected chi connectivity index (χ3v) is 3.97. The molecule has 1 saturated carbocycles. The molecule has 1 aromatic rings. The molecule has 2 unspecified atom stereocenters. The third-order valence-electron chi connectivity index (χ3n) is 3.07. The minimum atomic E-state index is -0.0165. The van der Waals surface area contributed by atoms with E-state index in [1.165, 1.54) is 12.8 Å². The van der Waals surface area contributed by atoms with Gasteiger partial charge in [0.2, 0.25) is 0 Å². The van der Waals surface area contributed by atoms with E-state index in [0.717, 1.165) is 10.9 Å². The number of hydrogen-bond acceptors (Lipinski definition) is 1. The van der Waals surface area contributed by atoms with E-state index in [0.29, 0.717) is 22.5 Å². The van der Waals surface area contributed by atoms with E-state index in [4.69, 9.17) is 11.6 Å². The number of rotatable bonds is 4. The summed E-state index contributed by atoms with van der Waals surface area (Å²) >= 11 is 9.20. The third kappa shape index (κ3) is 3.23. The minimum Gasteiger partial charge on any atom is -0.349 e. The Morgan fingerprint density at radius 1 is 1.59 bits per heavy atom. The van der Waals surface area contributed by atoms with Gasteiger partial charge in [-0.05, 0) is 52.9 Å². The Morgan fingerprint density at radius 2 is 2.35 bits per heavy atom. The van der Waals surface area contributed by atoms with Crippen molar-refractivity contribution in [3.63, 3.8) is 0 Å². The topological polar surface area (TPSA) is 29.1 Å². The van der Waals surface area contributed by atoms with Crippen molar-refractivity contribution in [1.82, 2.24) is 5.32 Å². The molecule has 1 aliphatic rings. The molecule has 0 spiro atoms. The first-order chi connectivity index (χ1) is 8.11. The smallest absolute Gasteiger partial charge is 0.252 e. The van der Waals surface area contributed by atoms with Crippen molar-refractivity contribution in [1.29, 1.82) is 0 Å². The second-order valence-corrected chi connectivity index (χ2v) is 5.78. The van der Waals surface area contributed by atoms with Crippen LogP contribution in [-0.2, 0) is 0 Å². The summed E-state index contributed by atoms with van der Waals surface area (Å²) < 4.78 is 0.746. The predicted molar refractivity (Wildman–Crippen MR) is 73.4 cm³/mol. The molecule has 0 radical (unpaired) electrons. The van der Waals surface area contributed by atoms with Gasteiger partial charge in [0.25, 0.3) is 5.91 Å². The van der Waals surface area contributed by atoms with Crippen molar-refractivity contribution >= 4 is 33.4 Å². The highest BCUT2D eigenvalue weighted by molar-refractivity contribution is 9.10.